The lowest BCUT2D eigenvalue weighted by atomic mass is 9.81. The van der Waals surface area contributed by atoms with Crippen LogP contribution in [0.5, 0.6) is 5.75 Å². The van der Waals surface area contributed by atoms with Crippen LogP contribution in [-0.2, 0) is 0 Å². The van der Waals surface area contributed by atoms with Crippen molar-refractivity contribution in [1.82, 2.24) is 0 Å². The highest BCUT2D eigenvalue weighted by atomic mass is 16.5. The number of hydrogen-bond acceptors (Lipinski definition) is 3. The molecule has 2 unspecified atom stereocenters. The maximum atomic E-state index is 6.20. The lowest BCUT2D eigenvalue weighted by molar-refractivity contribution is 0.266. The summed E-state index contributed by atoms with van der Waals surface area (Å²) in [6, 6.07) is 10.0. The molecule has 0 spiro atoms. The third kappa shape index (κ3) is 2.44. The standard InChI is InChI=1S/C16H24N2O/c1-2-19-16-9-4-3-8-15(16)18-13-6-5-7-14(18)11-12(17)10-13/h3-4,8-9,12-14H,2,5-7,10-11,17H2,1H3. The van der Waals surface area contributed by atoms with Crippen LogP contribution in [0.2, 0.25) is 0 Å². The van der Waals surface area contributed by atoms with E-state index in [1.165, 1.54) is 24.9 Å². The summed E-state index contributed by atoms with van der Waals surface area (Å²) in [6.45, 7) is 2.77. The second kappa shape index (κ2) is 5.41. The average molecular weight is 260 g/mol. The van der Waals surface area contributed by atoms with Crippen LogP contribution in [0, 0.1) is 0 Å². The molecule has 0 amide bonds. The van der Waals surface area contributed by atoms with E-state index in [2.05, 4.69) is 29.2 Å². The third-order valence-corrected chi connectivity index (χ3v) is 4.45. The van der Waals surface area contributed by atoms with Crippen molar-refractivity contribution >= 4 is 5.69 Å². The number of nitrogens with zero attached hydrogens (tertiary/aromatic N) is 1. The molecule has 2 aliphatic rings. The van der Waals surface area contributed by atoms with Crippen LogP contribution in [0.3, 0.4) is 0 Å². The predicted molar refractivity (Wildman–Crippen MR) is 78.7 cm³/mol. The monoisotopic (exact) mass is 260 g/mol. The first-order valence-corrected chi connectivity index (χ1v) is 7.55. The number of rotatable bonds is 3. The molecule has 2 N–H and O–H groups in total. The normalized spacial score (nSPS) is 30.2. The number of benzene rings is 1. The Morgan fingerprint density at radius 2 is 1.89 bits per heavy atom. The summed E-state index contributed by atoms with van der Waals surface area (Å²) in [5.41, 5.74) is 7.47. The molecule has 1 aromatic rings. The fraction of sp³-hybridized carbons (Fsp3) is 0.625. The zero-order chi connectivity index (χ0) is 13.2. The van der Waals surface area contributed by atoms with Gasteiger partial charge in [-0.25, -0.2) is 0 Å². The Balaban J connectivity index is 1.92. The van der Waals surface area contributed by atoms with Gasteiger partial charge in [-0.3, -0.25) is 0 Å². The average Bonchev–Trinajstić information content (AvgIpc) is 2.39. The summed E-state index contributed by atoms with van der Waals surface area (Å²) in [7, 11) is 0. The summed E-state index contributed by atoms with van der Waals surface area (Å²) in [6.07, 6.45) is 6.12. The zero-order valence-corrected chi connectivity index (χ0v) is 11.7. The molecule has 3 heteroatoms. The Bertz CT molecular complexity index is 421. The van der Waals surface area contributed by atoms with Crippen molar-refractivity contribution in [3.8, 4) is 5.75 Å². The first-order valence-electron chi connectivity index (χ1n) is 7.55. The van der Waals surface area contributed by atoms with Gasteiger partial charge in [0, 0.05) is 18.1 Å². The highest BCUT2D eigenvalue weighted by Gasteiger charge is 2.38. The Morgan fingerprint density at radius 3 is 2.58 bits per heavy atom. The molecule has 19 heavy (non-hydrogen) atoms. The SMILES string of the molecule is CCOc1ccccc1N1C2CCCC1CC(N)C2. The van der Waals surface area contributed by atoms with E-state index in [-0.39, 0.29) is 0 Å². The minimum atomic E-state index is 0.380. The van der Waals surface area contributed by atoms with Crippen LogP contribution >= 0.6 is 0 Å². The molecule has 2 bridgehead atoms. The molecular weight excluding hydrogens is 236 g/mol. The number of fused-ring (bicyclic) bond motifs is 2. The van der Waals surface area contributed by atoms with Crippen LogP contribution in [-0.4, -0.2) is 24.7 Å². The van der Waals surface area contributed by atoms with Gasteiger partial charge in [-0.1, -0.05) is 12.1 Å². The summed E-state index contributed by atoms with van der Waals surface area (Å²) in [5.74, 6) is 1.03. The van der Waals surface area contributed by atoms with E-state index in [1.54, 1.807) is 0 Å². The van der Waals surface area contributed by atoms with E-state index in [4.69, 9.17) is 10.5 Å². The van der Waals surface area contributed by atoms with Crippen LogP contribution in [0.25, 0.3) is 0 Å². The number of para-hydroxylation sites is 2. The van der Waals surface area contributed by atoms with Gasteiger partial charge in [-0.15, -0.1) is 0 Å². The number of nitrogens with two attached hydrogens (primary N) is 1. The highest BCUT2D eigenvalue weighted by Crippen LogP contribution is 2.41. The maximum absolute atomic E-state index is 6.20. The molecule has 0 aliphatic carbocycles. The topological polar surface area (TPSA) is 38.5 Å². The quantitative estimate of drug-likeness (QED) is 0.908. The van der Waals surface area contributed by atoms with Gasteiger partial charge >= 0.3 is 0 Å². The molecule has 104 valence electrons. The van der Waals surface area contributed by atoms with Crippen molar-refractivity contribution in [2.75, 3.05) is 11.5 Å². The van der Waals surface area contributed by atoms with Crippen molar-refractivity contribution in [3.63, 3.8) is 0 Å². The Morgan fingerprint density at radius 1 is 1.21 bits per heavy atom. The van der Waals surface area contributed by atoms with Crippen molar-refractivity contribution in [3.05, 3.63) is 24.3 Å². The molecule has 2 aliphatic heterocycles. The van der Waals surface area contributed by atoms with Gasteiger partial charge < -0.3 is 15.4 Å². The Hall–Kier alpha value is -1.22. The molecule has 2 fully saturated rings. The number of hydrogen-bond donors (Lipinski definition) is 1. The lowest BCUT2D eigenvalue weighted by Crippen LogP contribution is -2.55. The molecule has 2 atom stereocenters. The molecule has 0 aromatic heterocycles. The molecule has 1 aromatic carbocycles. The van der Waals surface area contributed by atoms with Crippen LogP contribution in [0.15, 0.2) is 24.3 Å². The fourth-order valence-electron chi connectivity index (χ4n) is 3.76. The Labute approximate surface area is 115 Å². The Kier molecular flexibility index (Phi) is 3.65. The number of anilines is 1. The molecule has 0 saturated carbocycles. The van der Waals surface area contributed by atoms with Gasteiger partial charge in [0.05, 0.1) is 12.3 Å². The fourth-order valence-corrected chi connectivity index (χ4v) is 3.76. The number of ether oxygens (including phenoxy) is 1. The van der Waals surface area contributed by atoms with Crippen molar-refractivity contribution in [2.24, 2.45) is 5.73 Å². The minimum absolute atomic E-state index is 0.380. The third-order valence-electron chi connectivity index (χ3n) is 4.45. The first kappa shape index (κ1) is 12.8. The van der Waals surface area contributed by atoms with E-state index >= 15 is 0 Å². The highest BCUT2D eigenvalue weighted by molar-refractivity contribution is 5.60. The lowest BCUT2D eigenvalue weighted by Gasteiger charge is -2.50. The van der Waals surface area contributed by atoms with Crippen molar-refractivity contribution in [2.45, 2.75) is 57.2 Å². The van der Waals surface area contributed by atoms with Crippen molar-refractivity contribution < 1.29 is 4.74 Å². The molecule has 2 heterocycles. The smallest absolute Gasteiger partial charge is 0.142 e. The van der Waals surface area contributed by atoms with E-state index in [0.717, 1.165) is 25.2 Å². The predicted octanol–water partition coefficient (Wildman–Crippen LogP) is 2.93. The van der Waals surface area contributed by atoms with Crippen LogP contribution in [0.4, 0.5) is 5.69 Å². The molecule has 3 nitrogen and oxygen atoms in total. The van der Waals surface area contributed by atoms with Gasteiger partial charge in [0.1, 0.15) is 5.75 Å². The maximum Gasteiger partial charge on any atom is 0.142 e. The minimum Gasteiger partial charge on any atom is -0.492 e. The van der Waals surface area contributed by atoms with Gasteiger partial charge in [-0.2, -0.15) is 0 Å². The summed E-state index contributed by atoms with van der Waals surface area (Å²) in [4.78, 5) is 2.60. The van der Waals surface area contributed by atoms with Gasteiger partial charge in [0.2, 0.25) is 0 Å². The summed E-state index contributed by atoms with van der Waals surface area (Å²) < 4.78 is 5.81. The molecule has 0 radical (unpaired) electrons. The van der Waals surface area contributed by atoms with E-state index in [1.807, 2.05) is 6.92 Å². The van der Waals surface area contributed by atoms with Gasteiger partial charge in [0.25, 0.3) is 0 Å². The zero-order valence-electron chi connectivity index (χ0n) is 11.7. The van der Waals surface area contributed by atoms with Crippen LogP contribution < -0.4 is 15.4 Å². The van der Waals surface area contributed by atoms with Crippen molar-refractivity contribution in [1.29, 1.82) is 0 Å². The largest absolute Gasteiger partial charge is 0.492 e. The second-order valence-corrected chi connectivity index (χ2v) is 5.78. The summed E-state index contributed by atoms with van der Waals surface area (Å²) >= 11 is 0. The van der Waals surface area contributed by atoms with E-state index in [9.17, 15) is 0 Å². The first-order chi connectivity index (χ1) is 9.29. The number of piperidine rings is 2. The van der Waals surface area contributed by atoms with Crippen LogP contribution in [0.1, 0.15) is 39.0 Å². The van der Waals surface area contributed by atoms with Gasteiger partial charge in [-0.05, 0) is 51.2 Å². The van der Waals surface area contributed by atoms with E-state index < -0.39 is 0 Å². The molecule has 2 saturated heterocycles. The van der Waals surface area contributed by atoms with Gasteiger partial charge in [0.15, 0.2) is 0 Å². The molecular formula is C16H24N2O. The molecule has 3 rings (SSSR count). The van der Waals surface area contributed by atoms with E-state index in [0.29, 0.717) is 18.1 Å². The second-order valence-electron chi connectivity index (χ2n) is 5.78. The summed E-state index contributed by atoms with van der Waals surface area (Å²) in [5, 5.41) is 0.